The lowest BCUT2D eigenvalue weighted by atomic mass is 10.1. The Labute approximate surface area is 206 Å². The first-order valence-corrected chi connectivity index (χ1v) is 12.7. The Bertz CT molecular complexity index is 1490. The fraction of sp³-hybridized carbons (Fsp3) is 0.385. The number of hydrogen-bond donors (Lipinski definition) is 1. The van der Waals surface area contributed by atoms with Gasteiger partial charge in [-0.15, -0.1) is 11.3 Å². The van der Waals surface area contributed by atoms with Gasteiger partial charge >= 0.3 is 5.69 Å². The monoisotopic (exact) mass is 492 g/mol. The molecule has 1 saturated carbocycles. The maximum atomic E-state index is 14.1. The summed E-state index contributed by atoms with van der Waals surface area (Å²) in [6, 6.07) is 9.40. The quantitative estimate of drug-likeness (QED) is 0.392. The van der Waals surface area contributed by atoms with Gasteiger partial charge in [0.15, 0.2) is 5.65 Å². The van der Waals surface area contributed by atoms with Crippen molar-refractivity contribution in [1.82, 2.24) is 19.4 Å². The zero-order chi connectivity index (χ0) is 24.7. The topological polar surface area (TPSA) is 101 Å². The van der Waals surface area contributed by atoms with Gasteiger partial charge < -0.3 is 9.32 Å². The van der Waals surface area contributed by atoms with Crippen LogP contribution >= 0.6 is 11.3 Å². The molecule has 0 spiro atoms. The van der Waals surface area contributed by atoms with Crippen LogP contribution in [-0.4, -0.2) is 25.3 Å². The van der Waals surface area contributed by atoms with E-state index in [0.717, 1.165) is 28.3 Å². The largest absolute Gasteiger partial charge is 0.467 e. The van der Waals surface area contributed by atoms with Crippen LogP contribution in [0.3, 0.4) is 0 Å². The molecule has 35 heavy (non-hydrogen) atoms. The molecule has 4 aromatic heterocycles. The van der Waals surface area contributed by atoms with E-state index in [1.807, 2.05) is 39.0 Å². The standard InChI is InChI=1S/C26H28N4O4S/c1-15(2)12-30-23-22(24(31)28-26(30)33)20(11-21(27-23)17-7-8-17)25(32)29(13-18-5-4-10-34-18)14-19-9-6-16(3)35-19/h4-6,9-11,15,17H,7-8,12-14H2,1-3H3,(H,28,31,33). The normalized spacial score (nSPS) is 13.6. The number of thiophene rings is 1. The molecule has 0 radical (unpaired) electrons. The van der Waals surface area contributed by atoms with Crippen molar-refractivity contribution < 1.29 is 9.21 Å². The number of H-pyrrole nitrogens is 1. The van der Waals surface area contributed by atoms with E-state index in [1.54, 1.807) is 34.6 Å². The number of aromatic nitrogens is 3. The average Bonchev–Trinajstić information content (AvgIpc) is 3.39. The Morgan fingerprint density at radius 2 is 2.06 bits per heavy atom. The Kier molecular flexibility index (Phi) is 6.19. The molecule has 4 aromatic rings. The molecule has 0 bridgehead atoms. The molecule has 182 valence electrons. The number of nitrogens with one attached hydrogen (secondary N) is 1. The van der Waals surface area contributed by atoms with Crippen LogP contribution in [0.2, 0.25) is 0 Å². The molecular weight excluding hydrogens is 464 g/mol. The van der Waals surface area contributed by atoms with Crippen molar-refractivity contribution in [3.63, 3.8) is 0 Å². The zero-order valence-electron chi connectivity index (χ0n) is 20.0. The highest BCUT2D eigenvalue weighted by Gasteiger charge is 2.30. The summed E-state index contributed by atoms with van der Waals surface area (Å²) in [7, 11) is 0. The molecule has 8 nitrogen and oxygen atoms in total. The molecule has 1 amide bonds. The van der Waals surface area contributed by atoms with E-state index in [-0.39, 0.29) is 40.9 Å². The molecule has 0 atom stereocenters. The first kappa shape index (κ1) is 23.3. The molecule has 1 fully saturated rings. The van der Waals surface area contributed by atoms with Gasteiger partial charge in [-0.2, -0.15) is 0 Å². The van der Waals surface area contributed by atoms with Gasteiger partial charge in [0.05, 0.1) is 30.3 Å². The van der Waals surface area contributed by atoms with Crippen LogP contribution in [0.1, 0.15) is 64.2 Å². The van der Waals surface area contributed by atoms with Gasteiger partial charge in [0.1, 0.15) is 5.76 Å². The lowest BCUT2D eigenvalue weighted by molar-refractivity contribution is 0.0721. The molecule has 0 saturated heterocycles. The van der Waals surface area contributed by atoms with Crippen LogP contribution in [0.25, 0.3) is 11.0 Å². The number of aryl methyl sites for hydroxylation is 1. The minimum absolute atomic E-state index is 0.157. The smallest absolute Gasteiger partial charge is 0.330 e. The molecule has 4 heterocycles. The van der Waals surface area contributed by atoms with Crippen molar-refractivity contribution in [3.8, 4) is 0 Å². The molecule has 1 aliphatic carbocycles. The average molecular weight is 493 g/mol. The summed E-state index contributed by atoms with van der Waals surface area (Å²) in [5, 5.41) is 0.159. The highest BCUT2D eigenvalue weighted by atomic mass is 32.1. The first-order valence-electron chi connectivity index (χ1n) is 11.8. The molecule has 0 aromatic carbocycles. The summed E-state index contributed by atoms with van der Waals surface area (Å²) < 4.78 is 7.03. The molecule has 0 unspecified atom stereocenters. The van der Waals surface area contributed by atoms with Crippen LogP contribution < -0.4 is 11.2 Å². The summed E-state index contributed by atoms with van der Waals surface area (Å²) >= 11 is 1.63. The first-order chi connectivity index (χ1) is 16.8. The minimum atomic E-state index is -0.590. The third-order valence-electron chi connectivity index (χ3n) is 6.10. The van der Waals surface area contributed by atoms with Crippen LogP contribution in [0.4, 0.5) is 0 Å². The van der Waals surface area contributed by atoms with Crippen molar-refractivity contribution >= 4 is 28.3 Å². The Hall–Kier alpha value is -3.46. The van der Waals surface area contributed by atoms with Crippen molar-refractivity contribution in [3.05, 3.63) is 84.2 Å². The Morgan fingerprint density at radius 3 is 2.69 bits per heavy atom. The second-order valence-electron chi connectivity index (χ2n) is 9.58. The van der Waals surface area contributed by atoms with Gasteiger partial charge in [-0.3, -0.25) is 19.1 Å². The molecular formula is C26H28N4O4S. The number of carbonyl (C=O) groups excluding carboxylic acids is 1. The van der Waals surface area contributed by atoms with Gasteiger partial charge in [0.2, 0.25) is 0 Å². The highest BCUT2D eigenvalue weighted by molar-refractivity contribution is 7.11. The summed E-state index contributed by atoms with van der Waals surface area (Å²) in [6.07, 6.45) is 3.54. The van der Waals surface area contributed by atoms with Crippen molar-refractivity contribution in [2.45, 2.75) is 59.2 Å². The maximum absolute atomic E-state index is 14.1. The molecule has 9 heteroatoms. The minimum Gasteiger partial charge on any atom is -0.467 e. The lowest BCUT2D eigenvalue weighted by Crippen LogP contribution is -2.35. The van der Waals surface area contributed by atoms with Crippen LogP contribution in [0.15, 0.2) is 50.6 Å². The van der Waals surface area contributed by atoms with E-state index in [9.17, 15) is 14.4 Å². The van der Waals surface area contributed by atoms with Crippen molar-refractivity contribution in [1.29, 1.82) is 0 Å². The number of hydrogen-bond acceptors (Lipinski definition) is 6. The summed E-state index contributed by atoms with van der Waals surface area (Å²) in [5.41, 5.74) is 0.221. The van der Waals surface area contributed by atoms with E-state index in [1.165, 1.54) is 4.57 Å². The van der Waals surface area contributed by atoms with E-state index < -0.39 is 11.2 Å². The van der Waals surface area contributed by atoms with Crippen LogP contribution in [0.5, 0.6) is 0 Å². The summed E-state index contributed by atoms with van der Waals surface area (Å²) in [6.45, 7) is 7.05. The number of rotatable bonds is 8. The van der Waals surface area contributed by atoms with Crippen molar-refractivity contribution in [2.24, 2.45) is 5.92 Å². The highest BCUT2D eigenvalue weighted by Crippen LogP contribution is 2.40. The van der Waals surface area contributed by atoms with Gasteiger partial charge in [0, 0.05) is 27.9 Å². The lowest BCUT2D eigenvalue weighted by Gasteiger charge is -2.23. The summed E-state index contributed by atoms with van der Waals surface area (Å²) in [5.74, 6) is 0.760. The Balaban J connectivity index is 1.67. The fourth-order valence-electron chi connectivity index (χ4n) is 4.30. The number of furan rings is 1. The number of amides is 1. The number of pyridine rings is 1. The number of nitrogens with zero attached hydrogens (tertiary/aromatic N) is 3. The predicted molar refractivity (Wildman–Crippen MR) is 135 cm³/mol. The van der Waals surface area contributed by atoms with E-state index in [0.29, 0.717) is 18.8 Å². The second-order valence-corrected chi connectivity index (χ2v) is 11.0. The molecule has 0 aliphatic heterocycles. The third kappa shape index (κ3) is 4.86. The van der Waals surface area contributed by atoms with E-state index in [2.05, 4.69) is 4.98 Å². The van der Waals surface area contributed by atoms with Gasteiger partial charge in [-0.1, -0.05) is 13.8 Å². The predicted octanol–water partition coefficient (Wildman–Crippen LogP) is 4.42. The van der Waals surface area contributed by atoms with Gasteiger partial charge in [-0.25, -0.2) is 9.78 Å². The number of aromatic amines is 1. The van der Waals surface area contributed by atoms with Crippen LogP contribution in [-0.2, 0) is 19.6 Å². The van der Waals surface area contributed by atoms with E-state index >= 15 is 0 Å². The Morgan fingerprint density at radius 1 is 1.26 bits per heavy atom. The zero-order valence-corrected chi connectivity index (χ0v) is 20.9. The third-order valence-corrected chi connectivity index (χ3v) is 7.08. The molecule has 5 rings (SSSR count). The van der Waals surface area contributed by atoms with Gasteiger partial charge in [-0.05, 0) is 56.0 Å². The summed E-state index contributed by atoms with van der Waals surface area (Å²) in [4.78, 5) is 50.9. The van der Waals surface area contributed by atoms with Gasteiger partial charge in [0.25, 0.3) is 11.5 Å². The SMILES string of the molecule is Cc1ccc(CN(Cc2ccco2)C(=O)c2cc(C3CC3)nc3c2c(=O)[nH]c(=O)n3CC(C)C)s1. The molecule has 1 N–H and O–H groups in total. The van der Waals surface area contributed by atoms with E-state index in [4.69, 9.17) is 9.40 Å². The maximum Gasteiger partial charge on any atom is 0.330 e. The second kappa shape index (κ2) is 9.30. The molecule has 1 aliphatic rings. The fourth-order valence-corrected chi connectivity index (χ4v) is 5.21. The van der Waals surface area contributed by atoms with Crippen molar-refractivity contribution in [2.75, 3.05) is 0 Å². The van der Waals surface area contributed by atoms with Crippen LogP contribution in [0, 0.1) is 12.8 Å². The number of fused-ring (bicyclic) bond motifs is 1. The number of carbonyl (C=O) groups is 1.